The van der Waals surface area contributed by atoms with Crippen LogP contribution in [0.1, 0.15) is 6.42 Å². The predicted octanol–water partition coefficient (Wildman–Crippen LogP) is -7.93. The molecule has 3 aliphatic heterocycles. The quantitative estimate of drug-likeness (QED) is 0.0272. The Kier molecular flexibility index (Phi) is 37.2. The highest BCUT2D eigenvalue weighted by Gasteiger charge is 2.31. The van der Waals surface area contributed by atoms with Gasteiger partial charge in [0.25, 0.3) is 0 Å². The van der Waals surface area contributed by atoms with Crippen molar-refractivity contribution in [2.45, 2.75) is 12.6 Å². The van der Waals surface area contributed by atoms with E-state index < -0.39 is 84.8 Å². The Labute approximate surface area is 528 Å². The second-order valence-corrected chi connectivity index (χ2v) is 23.0. The molecule has 0 spiro atoms. The second kappa shape index (κ2) is 43.1. The molecule has 0 aromatic carbocycles. The lowest BCUT2D eigenvalue weighted by molar-refractivity contribution is -0.520. The van der Waals surface area contributed by atoms with Crippen molar-refractivity contribution in [3.8, 4) is 0 Å². The van der Waals surface area contributed by atoms with Gasteiger partial charge in [0.15, 0.2) is 13.6 Å². The molecule has 3 rings (SSSR count). The third kappa shape index (κ3) is 36.8. The van der Waals surface area contributed by atoms with Crippen LogP contribution in [0.15, 0.2) is 0 Å². The molecule has 3 fully saturated rings. The van der Waals surface area contributed by atoms with Gasteiger partial charge in [-0.25, -0.2) is 0 Å². The van der Waals surface area contributed by atoms with Crippen LogP contribution < -0.4 is 10.6 Å². The zero-order valence-electron chi connectivity index (χ0n) is 52.3. The molecule has 518 valence electrons. The highest BCUT2D eigenvalue weighted by atomic mass is 16.4. The first-order valence-electron chi connectivity index (χ1n) is 30.4. The van der Waals surface area contributed by atoms with E-state index in [0.29, 0.717) is 4.76 Å². The molecule has 0 aromatic rings. The smallest absolute Gasteiger partial charge is 0.317 e. The van der Waals surface area contributed by atoms with Crippen molar-refractivity contribution < 1.29 is 103 Å². The number of hydrogen-bond acceptors (Lipinski definition) is 25. The van der Waals surface area contributed by atoms with Gasteiger partial charge in [0.05, 0.1) is 78.2 Å². The van der Waals surface area contributed by atoms with Gasteiger partial charge in [0, 0.05) is 195 Å². The molecule has 91 heavy (non-hydrogen) atoms. The third-order valence-electron chi connectivity index (χ3n) is 15.7. The summed E-state index contributed by atoms with van der Waals surface area (Å²) in [6.45, 7) is -0.251. The minimum Gasteiger partial charge on any atom is -0.480 e. The Balaban J connectivity index is 2.02. The number of carboxylic acids is 9. The van der Waals surface area contributed by atoms with Gasteiger partial charge in [-0.3, -0.25) is 116 Å². The lowest BCUT2D eigenvalue weighted by Crippen LogP contribution is -2.57. The SMILES string of the molecule is C[N+](=O)CCC(N(CCNC(=O)CN1CCN(CC(=O)O)CCN(CC(=O)O)CCN(CC(=O)O)CC1)CCNC(=O)CN1CCN(CC(=O)O)CCN(CC(=O)O)CCN(CC(=O)O)CC1)N1CCN(CC(=O)O)CCN(CC(=O)O)CCN(CC(=O)O)CC1. The fraction of sp³-hybridized carbons (Fsp3) is 0.796. The summed E-state index contributed by atoms with van der Waals surface area (Å²) in [4.78, 5) is 170. The Morgan fingerprint density at radius 2 is 0.495 bits per heavy atom. The normalized spacial score (nSPS) is 19.6. The molecule has 3 heterocycles. The standard InChI is InChI=1S/C54H96N16O21/c1-57(91)5-2-45(70-30-28-67(41-53(87)88)26-24-66(40-52(85)86)25-27-68(29-31-70)42-54(89)90)69(6-3-55-43(71)32-58-8-12-60(34-46(73)74)16-20-64(38-50(81)82)21-17-61(13-9-58)35-47(75)76)7-4-56-44(72)33-59-10-14-62(36-48(77)78)18-22-65(39-51(83)84)23-19-63(15-11-59)37-49(79)80/h45H,2-42H2,1H3,(H10-,55,56,71,72,73,74,75,76,77,78,79,80,81,82,83,84,85,86,87,88,89,90)/p+1. The molecule has 1 unspecified atom stereocenters. The summed E-state index contributed by atoms with van der Waals surface area (Å²) < 4.78 is 0.715. The summed E-state index contributed by atoms with van der Waals surface area (Å²) in [5.74, 6) is -11.1. The molecule has 0 bridgehead atoms. The van der Waals surface area contributed by atoms with E-state index >= 15 is 0 Å². The van der Waals surface area contributed by atoms with Gasteiger partial charge in [0.2, 0.25) is 11.8 Å². The predicted molar refractivity (Wildman–Crippen MR) is 322 cm³/mol. The van der Waals surface area contributed by atoms with E-state index in [2.05, 4.69) is 10.6 Å². The largest absolute Gasteiger partial charge is 0.480 e. The number of nitrogens with one attached hydrogen (secondary N) is 2. The number of nitrogens with zero attached hydrogens (tertiary/aromatic N) is 14. The topological polar surface area (TPSA) is 456 Å². The van der Waals surface area contributed by atoms with Crippen LogP contribution in [0.4, 0.5) is 0 Å². The van der Waals surface area contributed by atoms with Gasteiger partial charge in [-0.2, -0.15) is 0 Å². The summed E-state index contributed by atoms with van der Waals surface area (Å²) in [7, 11) is 1.33. The maximum absolute atomic E-state index is 14.1. The van der Waals surface area contributed by atoms with Crippen molar-refractivity contribution in [1.29, 1.82) is 0 Å². The minimum atomic E-state index is -1.15. The lowest BCUT2D eigenvalue weighted by Gasteiger charge is -2.41. The van der Waals surface area contributed by atoms with E-state index in [-0.39, 0.29) is 255 Å². The lowest BCUT2D eigenvalue weighted by atomic mass is 10.2. The van der Waals surface area contributed by atoms with Crippen LogP contribution in [0.5, 0.6) is 0 Å². The van der Waals surface area contributed by atoms with Crippen molar-refractivity contribution in [2.75, 3.05) is 269 Å². The molecule has 0 aromatic heterocycles. The first-order valence-corrected chi connectivity index (χ1v) is 30.4. The van der Waals surface area contributed by atoms with Crippen LogP contribution in [0.2, 0.25) is 0 Å². The third-order valence-corrected chi connectivity index (χ3v) is 15.7. The highest BCUT2D eigenvalue weighted by Crippen LogP contribution is 2.14. The molecule has 3 saturated heterocycles. The van der Waals surface area contributed by atoms with Crippen molar-refractivity contribution in [3.05, 3.63) is 4.91 Å². The maximum Gasteiger partial charge on any atom is 0.317 e. The molecule has 3 aliphatic rings. The van der Waals surface area contributed by atoms with E-state index in [1.807, 2.05) is 9.80 Å². The zero-order valence-corrected chi connectivity index (χ0v) is 52.3. The minimum absolute atomic E-state index is 0.0366. The van der Waals surface area contributed by atoms with E-state index in [1.165, 1.54) is 7.05 Å². The Morgan fingerprint density at radius 3 is 0.670 bits per heavy atom. The fourth-order valence-electron chi connectivity index (χ4n) is 11.0. The Hall–Kier alpha value is -6.75. The van der Waals surface area contributed by atoms with E-state index in [0.717, 1.165) is 0 Å². The van der Waals surface area contributed by atoms with Crippen LogP contribution in [0, 0.1) is 4.91 Å². The van der Waals surface area contributed by atoms with Crippen LogP contribution >= 0.6 is 0 Å². The molecule has 2 amide bonds. The van der Waals surface area contributed by atoms with Gasteiger partial charge in [-0.05, 0) is 4.76 Å². The Morgan fingerprint density at radius 1 is 0.319 bits per heavy atom. The van der Waals surface area contributed by atoms with Crippen LogP contribution in [-0.4, -0.2) is 455 Å². The fourth-order valence-corrected chi connectivity index (χ4v) is 11.0. The number of hydrogen-bond donors (Lipinski definition) is 11. The number of aliphatic carboxylic acids is 9. The molecule has 37 heteroatoms. The van der Waals surface area contributed by atoms with Gasteiger partial charge >= 0.3 is 53.7 Å². The Bertz CT molecular complexity index is 2170. The highest BCUT2D eigenvalue weighted by molar-refractivity contribution is 5.78. The monoisotopic (exact) mass is 1310 g/mol. The first kappa shape index (κ1) is 78.5. The maximum atomic E-state index is 14.1. The molecule has 0 radical (unpaired) electrons. The molecular formula is C54H97N16O21+. The molecule has 11 N–H and O–H groups in total. The number of amides is 2. The van der Waals surface area contributed by atoms with Crippen molar-refractivity contribution in [3.63, 3.8) is 0 Å². The zero-order chi connectivity index (χ0) is 67.4. The number of rotatable bonds is 33. The summed E-state index contributed by atoms with van der Waals surface area (Å²) in [5, 5.41) is 93.6. The van der Waals surface area contributed by atoms with Gasteiger partial charge in [-0.15, -0.1) is 0 Å². The number of carbonyl (C=O) groups is 11. The van der Waals surface area contributed by atoms with E-state index in [9.17, 15) is 104 Å². The summed E-state index contributed by atoms with van der Waals surface area (Å²) >= 11 is 0. The number of carboxylic acid groups (broad SMARTS) is 9. The second-order valence-electron chi connectivity index (χ2n) is 23.0. The summed E-state index contributed by atoms with van der Waals surface area (Å²) in [5.41, 5.74) is 0. The number of carbonyl (C=O) groups excluding carboxylic acids is 2. The molecule has 37 nitrogen and oxygen atoms in total. The van der Waals surface area contributed by atoms with Gasteiger partial charge < -0.3 is 56.6 Å². The first-order chi connectivity index (χ1) is 43.1. The summed E-state index contributed by atoms with van der Waals surface area (Å²) in [6, 6.07) is 0. The van der Waals surface area contributed by atoms with Crippen molar-refractivity contribution in [1.82, 2.24) is 74.3 Å². The molecule has 0 saturated carbocycles. The molecule has 1 atom stereocenters. The van der Waals surface area contributed by atoms with Gasteiger partial charge in [0.1, 0.15) is 0 Å². The summed E-state index contributed by atoms with van der Waals surface area (Å²) in [6.07, 6.45) is -0.575. The molecular weight excluding hydrogens is 1210 g/mol. The van der Waals surface area contributed by atoms with Crippen LogP contribution in [0.25, 0.3) is 0 Å². The van der Waals surface area contributed by atoms with E-state index in [4.69, 9.17) is 0 Å². The van der Waals surface area contributed by atoms with Crippen molar-refractivity contribution in [2.24, 2.45) is 0 Å². The van der Waals surface area contributed by atoms with Crippen LogP contribution in [-0.2, 0) is 52.7 Å². The van der Waals surface area contributed by atoms with Crippen molar-refractivity contribution >= 4 is 65.5 Å². The number of nitroso groups, excluding NO2 is 1. The average molecular weight is 1310 g/mol. The van der Waals surface area contributed by atoms with E-state index in [1.54, 1.807) is 53.9 Å². The molecule has 0 aliphatic carbocycles. The van der Waals surface area contributed by atoms with Gasteiger partial charge in [-0.1, -0.05) is 0 Å². The van der Waals surface area contributed by atoms with Crippen LogP contribution in [0.3, 0.4) is 0 Å². The average Bonchev–Trinajstić information content (AvgIpc) is 1.23.